The average molecular weight is 396 g/mol. The Morgan fingerprint density at radius 3 is 2.93 bits per heavy atom. The molecular weight excluding hydrogens is 374 g/mol. The lowest BCUT2D eigenvalue weighted by atomic mass is 9.69. The van der Waals surface area contributed by atoms with Crippen molar-refractivity contribution in [2.75, 3.05) is 13.6 Å². The minimum Gasteiger partial charge on any atom is -0.369 e. The van der Waals surface area contributed by atoms with Gasteiger partial charge in [0.1, 0.15) is 0 Å². The number of aromatic nitrogens is 3. The Morgan fingerprint density at radius 1 is 1.32 bits per heavy atom. The van der Waals surface area contributed by atoms with E-state index in [1.807, 2.05) is 0 Å². The van der Waals surface area contributed by atoms with E-state index >= 15 is 0 Å². The molecule has 1 fully saturated rings. The van der Waals surface area contributed by atoms with Crippen LogP contribution in [-0.2, 0) is 11.2 Å². The number of carbonyl (C=O) groups excluding carboxylic acids is 1. The first-order valence-electron chi connectivity index (χ1n) is 9.60. The summed E-state index contributed by atoms with van der Waals surface area (Å²) in [6.07, 6.45) is 4.06. The molecular formula is C21H22ClN5O. The summed E-state index contributed by atoms with van der Waals surface area (Å²) in [6.45, 7) is 0.800. The molecule has 2 aliphatic rings. The van der Waals surface area contributed by atoms with Crippen LogP contribution in [0.4, 0.5) is 0 Å². The van der Waals surface area contributed by atoms with Gasteiger partial charge in [0.2, 0.25) is 5.91 Å². The molecule has 1 aliphatic heterocycles. The number of nitrogens with zero attached hydrogens (tertiary/aromatic N) is 3. The largest absolute Gasteiger partial charge is 0.369 e. The fourth-order valence-electron chi connectivity index (χ4n) is 5.34. The van der Waals surface area contributed by atoms with Crippen molar-refractivity contribution in [1.29, 1.82) is 0 Å². The van der Waals surface area contributed by atoms with Crippen molar-refractivity contribution in [3.8, 4) is 0 Å². The lowest BCUT2D eigenvalue weighted by molar-refractivity contribution is -0.121. The molecule has 7 heteroatoms. The highest BCUT2D eigenvalue weighted by Gasteiger charge is 2.43. The molecule has 2 aromatic heterocycles. The SMILES string of the molecule is CN1C[C@H](C(C(N)=O)c2ccc(Cl)nn2)C[C@@H]2c3cccc4[nH]cc(c34)C[C@H]21. The number of benzene rings is 1. The Labute approximate surface area is 168 Å². The van der Waals surface area contributed by atoms with Crippen molar-refractivity contribution in [3.63, 3.8) is 0 Å². The van der Waals surface area contributed by atoms with Gasteiger partial charge in [0, 0.05) is 35.6 Å². The lowest BCUT2D eigenvalue weighted by Gasteiger charge is -2.46. The third-order valence-electron chi connectivity index (χ3n) is 6.51. The number of piperidine rings is 1. The van der Waals surface area contributed by atoms with Crippen molar-refractivity contribution in [1.82, 2.24) is 20.1 Å². The molecule has 0 radical (unpaired) electrons. The molecule has 0 saturated carbocycles. The maximum absolute atomic E-state index is 12.4. The molecule has 3 heterocycles. The highest BCUT2D eigenvalue weighted by atomic mass is 35.5. The predicted octanol–water partition coefficient (Wildman–Crippen LogP) is 2.84. The highest BCUT2D eigenvalue weighted by Crippen LogP contribution is 2.46. The molecule has 1 aliphatic carbocycles. The third kappa shape index (κ3) is 2.71. The van der Waals surface area contributed by atoms with Crippen LogP contribution in [0.3, 0.4) is 0 Å². The van der Waals surface area contributed by atoms with E-state index in [-0.39, 0.29) is 11.8 Å². The van der Waals surface area contributed by atoms with Crippen LogP contribution in [0, 0.1) is 5.92 Å². The van der Waals surface area contributed by atoms with Gasteiger partial charge in [0.25, 0.3) is 0 Å². The third-order valence-corrected chi connectivity index (χ3v) is 6.71. The van der Waals surface area contributed by atoms with Gasteiger partial charge in [-0.3, -0.25) is 4.79 Å². The number of fused-ring (bicyclic) bond motifs is 2. The number of hydrogen-bond acceptors (Lipinski definition) is 4. The van der Waals surface area contributed by atoms with E-state index < -0.39 is 5.92 Å². The number of aromatic amines is 1. The van der Waals surface area contributed by atoms with E-state index in [1.165, 1.54) is 22.0 Å². The Bertz CT molecular complexity index is 1050. The summed E-state index contributed by atoms with van der Waals surface area (Å²) in [5.74, 6) is -0.391. The molecule has 28 heavy (non-hydrogen) atoms. The maximum Gasteiger partial charge on any atom is 0.226 e. The molecule has 1 saturated heterocycles. The number of H-pyrrole nitrogens is 1. The van der Waals surface area contributed by atoms with Gasteiger partial charge < -0.3 is 15.6 Å². The first kappa shape index (κ1) is 17.6. The van der Waals surface area contributed by atoms with Crippen LogP contribution in [0.25, 0.3) is 10.9 Å². The molecule has 0 bridgehead atoms. The number of likely N-dealkylation sites (tertiary alicyclic amines) is 1. The maximum atomic E-state index is 12.4. The smallest absolute Gasteiger partial charge is 0.226 e. The standard InChI is InChI=1S/C21H22ClN5O/c1-27-10-12(20(21(23)28)16-5-6-18(22)26-25-16)7-14-13-3-2-4-15-19(13)11(9-24-15)8-17(14)27/h2-6,9,12,14,17,20,24H,7-8,10H2,1H3,(H2,23,28)/t12-,14-,17-,20?/m1/s1. The van der Waals surface area contributed by atoms with Gasteiger partial charge >= 0.3 is 0 Å². The molecule has 5 rings (SSSR count). The number of halogens is 1. The number of amides is 1. The number of nitrogens with one attached hydrogen (secondary N) is 1. The van der Waals surface area contributed by atoms with Crippen molar-refractivity contribution in [2.24, 2.45) is 11.7 Å². The van der Waals surface area contributed by atoms with E-state index in [0.717, 1.165) is 19.4 Å². The quantitative estimate of drug-likeness (QED) is 0.713. The topological polar surface area (TPSA) is 87.9 Å². The van der Waals surface area contributed by atoms with Gasteiger partial charge in [-0.25, -0.2) is 0 Å². The summed E-state index contributed by atoms with van der Waals surface area (Å²) < 4.78 is 0. The van der Waals surface area contributed by atoms with Gasteiger partial charge in [0.05, 0.1) is 11.6 Å². The Balaban J connectivity index is 1.54. The first-order valence-corrected chi connectivity index (χ1v) is 9.98. The second kappa shape index (κ2) is 6.57. The number of rotatable bonds is 3. The molecule has 0 spiro atoms. The van der Waals surface area contributed by atoms with E-state index in [9.17, 15) is 4.79 Å². The monoisotopic (exact) mass is 395 g/mol. The molecule has 3 N–H and O–H groups in total. The van der Waals surface area contributed by atoms with Gasteiger partial charge in [-0.2, -0.15) is 5.10 Å². The predicted molar refractivity (Wildman–Crippen MR) is 108 cm³/mol. The molecule has 1 unspecified atom stereocenters. The summed E-state index contributed by atoms with van der Waals surface area (Å²) in [6, 6.07) is 10.3. The molecule has 6 nitrogen and oxygen atoms in total. The van der Waals surface area contributed by atoms with Crippen LogP contribution < -0.4 is 5.73 Å². The normalized spacial score (nSPS) is 25.4. The average Bonchev–Trinajstić information content (AvgIpc) is 3.09. The molecule has 1 amide bonds. The second-order valence-corrected chi connectivity index (χ2v) is 8.45. The van der Waals surface area contributed by atoms with Crippen LogP contribution in [0.5, 0.6) is 0 Å². The zero-order chi connectivity index (χ0) is 19.4. The molecule has 3 aromatic rings. The minimum absolute atomic E-state index is 0.0787. The lowest BCUT2D eigenvalue weighted by Crippen LogP contribution is -2.50. The van der Waals surface area contributed by atoms with Crippen molar-refractivity contribution in [3.05, 3.63) is 58.5 Å². The Kier molecular flexibility index (Phi) is 4.14. The summed E-state index contributed by atoms with van der Waals surface area (Å²) in [4.78, 5) is 18.2. The summed E-state index contributed by atoms with van der Waals surface area (Å²) in [5.41, 5.74) is 10.4. The van der Waals surface area contributed by atoms with Crippen LogP contribution in [0.15, 0.2) is 36.5 Å². The van der Waals surface area contributed by atoms with Crippen LogP contribution in [-0.4, -0.2) is 45.6 Å². The fourth-order valence-corrected chi connectivity index (χ4v) is 5.44. The zero-order valence-electron chi connectivity index (χ0n) is 15.6. The van der Waals surface area contributed by atoms with E-state index in [0.29, 0.717) is 22.8 Å². The summed E-state index contributed by atoms with van der Waals surface area (Å²) in [5, 5.41) is 9.74. The van der Waals surface area contributed by atoms with Gasteiger partial charge in [-0.15, -0.1) is 5.10 Å². The molecule has 144 valence electrons. The number of primary amides is 1. The number of likely N-dealkylation sites (N-methyl/N-ethyl adjacent to an activating group) is 1. The first-order chi connectivity index (χ1) is 13.5. The van der Waals surface area contributed by atoms with E-state index in [2.05, 4.69) is 51.5 Å². The van der Waals surface area contributed by atoms with Crippen molar-refractivity contribution < 1.29 is 4.79 Å². The van der Waals surface area contributed by atoms with Crippen LogP contribution in [0.1, 0.15) is 35.1 Å². The number of carbonyl (C=O) groups is 1. The molecule has 1 aromatic carbocycles. The van der Waals surface area contributed by atoms with E-state index in [4.69, 9.17) is 17.3 Å². The van der Waals surface area contributed by atoms with Gasteiger partial charge in [-0.1, -0.05) is 23.7 Å². The molecule has 4 atom stereocenters. The van der Waals surface area contributed by atoms with Crippen LogP contribution >= 0.6 is 11.6 Å². The zero-order valence-corrected chi connectivity index (χ0v) is 16.4. The second-order valence-electron chi connectivity index (χ2n) is 8.06. The highest BCUT2D eigenvalue weighted by molar-refractivity contribution is 6.29. The number of hydrogen-bond donors (Lipinski definition) is 2. The Morgan fingerprint density at radius 2 is 2.18 bits per heavy atom. The van der Waals surface area contributed by atoms with Crippen LogP contribution in [0.2, 0.25) is 5.15 Å². The number of nitrogens with two attached hydrogens (primary N) is 1. The van der Waals surface area contributed by atoms with Crippen molar-refractivity contribution >= 4 is 28.4 Å². The summed E-state index contributed by atoms with van der Waals surface area (Å²) >= 11 is 5.88. The van der Waals surface area contributed by atoms with Crippen molar-refractivity contribution in [2.45, 2.75) is 30.7 Å². The van der Waals surface area contributed by atoms with Gasteiger partial charge in [0.15, 0.2) is 5.15 Å². The fraction of sp³-hybridized carbons (Fsp3) is 0.381. The van der Waals surface area contributed by atoms with E-state index in [1.54, 1.807) is 12.1 Å². The Hall–Kier alpha value is -2.44. The van der Waals surface area contributed by atoms with Gasteiger partial charge in [-0.05, 0) is 55.1 Å². The minimum atomic E-state index is -0.472. The summed E-state index contributed by atoms with van der Waals surface area (Å²) in [7, 11) is 2.15.